The number of hydrogen-bond acceptors (Lipinski definition) is 7. The SMILES string of the molecule is CCOC(=O)C1=C(c2ccccc2)N=c2s/c(=C\c3ccc(OCc4cccc(Cl)c4)c(OC)c3)c(=O)n2[C@@H]1c1ccccc1. The van der Waals surface area contributed by atoms with Crippen LogP contribution in [0.2, 0.25) is 5.02 Å². The standard InChI is InChI=1S/C36H29ClN2O5S/c1-3-43-35(41)31-32(25-12-6-4-7-13-25)38-36-39(33(31)26-14-8-5-9-15-26)34(40)30(45-36)21-23-17-18-28(29(20-23)42-2)44-22-24-11-10-16-27(37)19-24/h4-21,33H,3,22H2,1-2H3/b30-21-/t33-/m1/s1. The van der Waals surface area contributed by atoms with Crippen molar-refractivity contribution in [3.8, 4) is 11.5 Å². The number of fused-ring (bicyclic) bond motifs is 1. The molecule has 5 aromatic rings. The molecule has 1 aliphatic rings. The largest absolute Gasteiger partial charge is 0.493 e. The molecule has 0 spiro atoms. The summed E-state index contributed by atoms with van der Waals surface area (Å²) in [6.07, 6.45) is 1.80. The first-order valence-electron chi connectivity index (χ1n) is 14.4. The molecule has 0 aliphatic carbocycles. The number of ether oxygens (including phenoxy) is 3. The minimum atomic E-state index is -0.726. The summed E-state index contributed by atoms with van der Waals surface area (Å²) in [5.41, 5.74) is 3.75. The number of methoxy groups -OCH3 is 1. The van der Waals surface area contributed by atoms with E-state index in [-0.39, 0.29) is 12.2 Å². The Labute approximate surface area is 268 Å². The van der Waals surface area contributed by atoms with Crippen molar-refractivity contribution >= 4 is 40.7 Å². The van der Waals surface area contributed by atoms with Crippen LogP contribution in [0.4, 0.5) is 0 Å². The Morgan fingerprint density at radius 3 is 2.42 bits per heavy atom. The molecule has 1 aromatic heterocycles. The average Bonchev–Trinajstić information content (AvgIpc) is 3.38. The van der Waals surface area contributed by atoms with E-state index in [1.807, 2.05) is 103 Å². The first kappa shape index (κ1) is 30.1. The lowest BCUT2D eigenvalue weighted by Gasteiger charge is -2.25. The van der Waals surface area contributed by atoms with E-state index in [1.54, 1.807) is 24.7 Å². The molecule has 1 atom stereocenters. The molecule has 0 radical (unpaired) electrons. The summed E-state index contributed by atoms with van der Waals surface area (Å²) in [6.45, 7) is 2.27. The maximum atomic E-state index is 14.1. The fraction of sp³-hybridized carbons (Fsp3) is 0.139. The van der Waals surface area contributed by atoms with E-state index in [9.17, 15) is 9.59 Å². The highest BCUT2D eigenvalue weighted by atomic mass is 35.5. The van der Waals surface area contributed by atoms with E-state index in [2.05, 4.69) is 0 Å². The molecule has 45 heavy (non-hydrogen) atoms. The van der Waals surface area contributed by atoms with Crippen molar-refractivity contribution in [1.82, 2.24) is 4.57 Å². The first-order chi connectivity index (χ1) is 22.0. The number of carbonyl (C=O) groups excluding carboxylic acids is 1. The summed E-state index contributed by atoms with van der Waals surface area (Å²) in [5, 5.41) is 0.639. The van der Waals surface area contributed by atoms with Crippen LogP contribution in [-0.2, 0) is 16.1 Å². The minimum Gasteiger partial charge on any atom is -0.493 e. The third-order valence-corrected chi connectivity index (χ3v) is 8.48. The van der Waals surface area contributed by atoms with Gasteiger partial charge in [-0.3, -0.25) is 9.36 Å². The summed E-state index contributed by atoms with van der Waals surface area (Å²) in [6, 6.07) is 31.2. The molecule has 226 valence electrons. The lowest BCUT2D eigenvalue weighted by molar-refractivity contribution is -0.138. The zero-order chi connectivity index (χ0) is 31.3. The van der Waals surface area contributed by atoms with Crippen LogP contribution >= 0.6 is 22.9 Å². The molecule has 1 aliphatic heterocycles. The number of esters is 1. The maximum absolute atomic E-state index is 14.1. The van der Waals surface area contributed by atoms with Crippen molar-refractivity contribution in [3.63, 3.8) is 0 Å². The molecule has 0 unspecified atom stereocenters. The summed E-state index contributed by atoms with van der Waals surface area (Å²) in [5.74, 6) is 0.574. The molecule has 0 bridgehead atoms. The van der Waals surface area contributed by atoms with Crippen LogP contribution in [0.3, 0.4) is 0 Å². The number of halogens is 1. The van der Waals surface area contributed by atoms with Gasteiger partial charge in [0.15, 0.2) is 16.3 Å². The lowest BCUT2D eigenvalue weighted by atomic mass is 9.93. The van der Waals surface area contributed by atoms with Crippen molar-refractivity contribution in [2.24, 2.45) is 4.99 Å². The molecule has 0 amide bonds. The topological polar surface area (TPSA) is 79.1 Å². The third kappa shape index (κ3) is 6.34. The van der Waals surface area contributed by atoms with E-state index in [1.165, 1.54) is 11.3 Å². The number of benzene rings is 4. The number of hydrogen-bond donors (Lipinski definition) is 0. The van der Waals surface area contributed by atoms with Crippen LogP contribution in [0.5, 0.6) is 11.5 Å². The molecule has 0 N–H and O–H groups in total. The highest BCUT2D eigenvalue weighted by Crippen LogP contribution is 2.35. The van der Waals surface area contributed by atoms with Gasteiger partial charge in [-0.05, 0) is 54.0 Å². The molecule has 2 heterocycles. The number of thiazole rings is 1. The fourth-order valence-corrected chi connectivity index (χ4v) is 6.44. The minimum absolute atomic E-state index is 0.191. The van der Waals surface area contributed by atoms with Gasteiger partial charge in [0.05, 0.1) is 35.6 Å². The second-order valence-corrected chi connectivity index (χ2v) is 11.6. The Hall–Kier alpha value is -4.92. The van der Waals surface area contributed by atoms with Crippen molar-refractivity contribution in [3.05, 3.63) is 156 Å². The van der Waals surface area contributed by atoms with Gasteiger partial charge < -0.3 is 14.2 Å². The maximum Gasteiger partial charge on any atom is 0.338 e. The predicted octanol–water partition coefficient (Wildman–Crippen LogP) is 6.18. The van der Waals surface area contributed by atoms with Crippen LogP contribution in [0, 0.1) is 0 Å². The van der Waals surface area contributed by atoms with Gasteiger partial charge in [0, 0.05) is 10.6 Å². The van der Waals surface area contributed by atoms with Gasteiger partial charge in [-0.15, -0.1) is 0 Å². The molecule has 7 nitrogen and oxygen atoms in total. The Kier molecular flexibility index (Phi) is 8.96. The lowest BCUT2D eigenvalue weighted by Crippen LogP contribution is -2.39. The number of rotatable bonds is 9. The number of aromatic nitrogens is 1. The van der Waals surface area contributed by atoms with Crippen molar-refractivity contribution < 1.29 is 19.0 Å². The van der Waals surface area contributed by atoms with Crippen LogP contribution in [0.15, 0.2) is 118 Å². The second-order valence-electron chi connectivity index (χ2n) is 10.2. The third-order valence-electron chi connectivity index (χ3n) is 7.26. The van der Waals surface area contributed by atoms with E-state index >= 15 is 0 Å². The zero-order valence-corrected chi connectivity index (χ0v) is 26.2. The second kappa shape index (κ2) is 13.4. The smallest absolute Gasteiger partial charge is 0.338 e. The summed E-state index contributed by atoms with van der Waals surface area (Å²) >= 11 is 7.38. The van der Waals surface area contributed by atoms with Crippen molar-refractivity contribution in [2.75, 3.05) is 13.7 Å². The highest BCUT2D eigenvalue weighted by molar-refractivity contribution is 7.07. The Morgan fingerprint density at radius 2 is 1.71 bits per heavy atom. The predicted molar refractivity (Wildman–Crippen MR) is 176 cm³/mol. The molecule has 6 rings (SSSR count). The van der Waals surface area contributed by atoms with Crippen molar-refractivity contribution in [2.45, 2.75) is 19.6 Å². The molecular formula is C36H29ClN2O5S. The monoisotopic (exact) mass is 636 g/mol. The molecule has 4 aromatic carbocycles. The van der Waals surface area contributed by atoms with E-state index in [0.717, 1.165) is 22.3 Å². The summed E-state index contributed by atoms with van der Waals surface area (Å²) in [4.78, 5) is 33.1. The zero-order valence-electron chi connectivity index (χ0n) is 24.6. The summed E-state index contributed by atoms with van der Waals surface area (Å²) < 4.78 is 19.2. The van der Waals surface area contributed by atoms with E-state index in [0.29, 0.717) is 43.7 Å². The number of carbonyl (C=O) groups is 1. The van der Waals surface area contributed by atoms with Gasteiger partial charge in [0.2, 0.25) is 0 Å². The first-order valence-corrected chi connectivity index (χ1v) is 15.5. The van der Waals surface area contributed by atoms with Crippen LogP contribution in [0.25, 0.3) is 11.8 Å². The van der Waals surface area contributed by atoms with Gasteiger partial charge in [-0.25, -0.2) is 9.79 Å². The molecule has 0 saturated heterocycles. The Balaban J connectivity index is 1.46. The molecule has 9 heteroatoms. The van der Waals surface area contributed by atoms with Crippen LogP contribution < -0.4 is 24.4 Å². The quantitative estimate of drug-likeness (QED) is 0.181. The normalized spacial score (nSPS) is 14.5. The fourth-order valence-electron chi connectivity index (χ4n) is 5.22. The van der Waals surface area contributed by atoms with Gasteiger partial charge in [0.1, 0.15) is 6.61 Å². The van der Waals surface area contributed by atoms with E-state index in [4.69, 9.17) is 30.8 Å². The number of nitrogens with zero attached hydrogens (tertiary/aromatic N) is 2. The average molecular weight is 637 g/mol. The van der Waals surface area contributed by atoms with Gasteiger partial charge in [-0.2, -0.15) is 0 Å². The highest BCUT2D eigenvalue weighted by Gasteiger charge is 2.35. The van der Waals surface area contributed by atoms with Crippen LogP contribution in [-0.4, -0.2) is 24.3 Å². The van der Waals surface area contributed by atoms with Crippen molar-refractivity contribution in [1.29, 1.82) is 0 Å². The van der Waals surface area contributed by atoms with Gasteiger partial charge in [0.25, 0.3) is 5.56 Å². The molecular weight excluding hydrogens is 608 g/mol. The summed E-state index contributed by atoms with van der Waals surface area (Å²) in [7, 11) is 1.57. The van der Waals surface area contributed by atoms with Gasteiger partial charge >= 0.3 is 5.97 Å². The van der Waals surface area contributed by atoms with Crippen LogP contribution in [0.1, 0.15) is 35.2 Å². The molecule has 0 fully saturated rings. The van der Waals surface area contributed by atoms with Gasteiger partial charge in [-0.1, -0.05) is 102 Å². The Bertz CT molecular complexity index is 2070. The Morgan fingerprint density at radius 1 is 0.956 bits per heavy atom. The molecule has 0 saturated carbocycles. The van der Waals surface area contributed by atoms with E-state index < -0.39 is 12.0 Å².